The number of aromatic nitrogens is 4. The number of hydrogen-bond acceptors (Lipinski definition) is 3. The van der Waals surface area contributed by atoms with Crippen LogP contribution in [0.3, 0.4) is 0 Å². The summed E-state index contributed by atoms with van der Waals surface area (Å²) < 4.78 is 43.9. The first-order chi connectivity index (χ1) is 12.5. The van der Waals surface area contributed by atoms with Gasteiger partial charge in [-0.05, 0) is 18.8 Å². The Morgan fingerprint density at radius 1 is 1.04 bits per heavy atom. The van der Waals surface area contributed by atoms with Crippen molar-refractivity contribution >= 4 is 17.4 Å². The Kier molecular flexibility index (Phi) is 4.34. The monoisotopic (exact) mass is 380 g/mol. The molecule has 1 fully saturated rings. The highest BCUT2D eigenvalue weighted by molar-refractivity contribution is 6.32. The molecule has 4 rings (SSSR count). The Balaban J connectivity index is 2.00. The number of halogens is 4. The van der Waals surface area contributed by atoms with Crippen molar-refractivity contribution in [1.29, 1.82) is 0 Å². The van der Waals surface area contributed by atoms with E-state index in [4.69, 9.17) is 11.6 Å². The Morgan fingerprint density at radius 3 is 2.35 bits per heavy atom. The molecule has 1 aromatic carbocycles. The molecule has 3 aromatic rings. The van der Waals surface area contributed by atoms with Crippen molar-refractivity contribution in [2.24, 2.45) is 5.92 Å². The van der Waals surface area contributed by atoms with Gasteiger partial charge in [0.25, 0.3) is 5.78 Å². The summed E-state index contributed by atoms with van der Waals surface area (Å²) >= 11 is 6.31. The van der Waals surface area contributed by atoms with Crippen molar-refractivity contribution in [3.05, 3.63) is 46.8 Å². The predicted octanol–water partition coefficient (Wildman–Crippen LogP) is 5.16. The Bertz CT molecular complexity index is 957. The predicted molar refractivity (Wildman–Crippen MR) is 91.5 cm³/mol. The zero-order valence-electron chi connectivity index (χ0n) is 14.0. The molecule has 8 heteroatoms. The highest BCUT2D eigenvalue weighted by Gasteiger charge is 2.30. The third-order valence-electron chi connectivity index (χ3n) is 5.08. The van der Waals surface area contributed by atoms with Crippen molar-refractivity contribution in [2.75, 3.05) is 0 Å². The van der Waals surface area contributed by atoms with E-state index < -0.39 is 17.5 Å². The molecule has 0 bridgehead atoms. The molecule has 0 unspecified atom stereocenters. The van der Waals surface area contributed by atoms with Crippen molar-refractivity contribution in [3.63, 3.8) is 0 Å². The van der Waals surface area contributed by atoms with E-state index in [0.29, 0.717) is 23.7 Å². The van der Waals surface area contributed by atoms with Gasteiger partial charge in [0.2, 0.25) is 0 Å². The number of benzene rings is 1. The van der Waals surface area contributed by atoms with Crippen molar-refractivity contribution < 1.29 is 13.2 Å². The average molecular weight is 381 g/mol. The van der Waals surface area contributed by atoms with Crippen LogP contribution in [0.5, 0.6) is 0 Å². The molecule has 1 aliphatic carbocycles. The first-order valence-corrected chi connectivity index (χ1v) is 8.87. The summed E-state index contributed by atoms with van der Waals surface area (Å²) in [6, 6.07) is 1.29. The summed E-state index contributed by atoms with van der Waals surface area (Å²) in [6.45, 7) is 2.18. The van der Waals surface area contributed by atoms with Gasteiger partial charge in [0.05, 0.1) is 11.3 Å². The molecule has 1 saturated carbocycles. The molecule has 1 aliphatic rings. The molecular formula is C18H16ClF3N4. The minimum atomic E-state index is -1.02. The van der Waals surface area contributed by atoms with Crippen LogP contribution in [0, 0.1) is 23.4 Å². The Hall–Kier alpha value is -2.15. The molecule has 2 aromatic heterocycles. The van der Waals surface area contributed by atoms with Crippen LogP contribution in [0.15, 0.2) is 18.5 Å². The Morgan fingerprint density at radius 2 is 1.69 bits per heavy atom. The van der Waals surface area contributed by atoms with E-state index in [0.717, 1.165) is 25.7 Å². The molecule has 4 nitrogen and oxygen atoms in total. The quantitative estimate of drug-likeness (QED) is 0.577. The maximum atomic E-state index is 14.5. The number of hydrogen-bond donors (Lipinski definition) is 0. The summed E-state index contributed by atoms with van der Waals surface area (Å²) in [5, 5.41) is 4.12. The van der Waals surface area contributed by atoms with Crippen LogP contribution in [-0.4, -0.2) is 19.6 Å². The third kappa shape index (κ3) is 2.84. The molecule has 0 radical (unpaired) electrons. The SMILES string of the molecule is CC1CCC(c2c(-c3c(F)cc(F)cc3F)c(Cl)nc3ncnn23)CC1. The number of fused-ring (bicyclic) bond motifs is 1. The van der Waals surface area contributed by atoms with Gasteiger partial charge < -0.3 is 0 Å². The molecule has 136 valence electrons. The summed E-state index contributed by atoms with van der Waals surface area (Å²) in [5.41, 5.74) is 0.322. The van der Waals surface area contributed by atoms with Gasteiger partial charge in [-0.1, -0.05) is 31.4 Å². The molecule has 0 aliphatic heterocycles. The van der Waals surface area contributed by atoms with E-state index in [1.165, 1.54) is 10.8 Å². The second-order valence-electron chi connectivity index (χ2n) is 6.84. The standard InChI is InChI=1S/C18H16ClF3N4/c1-9-2-4-10(5-3-9)16-15(14-12(21)6-11(20)7-13(14)22)17(19)25-18-23-8-24-26(16)18/h6-10H,2-5H2,1H3. The van der Waals surface area contributed by atoms with Crippen molar-refractivity contribution in [2.45, 2.75) is 38.5 Å². The lowest BCUT2D eigenvalue weighted by atomic mass is 9.79. The van der Waals surface area contributed by atoms with Crippen LogP contribution in [0.4, 0.5) is 13.2 Å². The number of nitrogens with zero attached hydrogens (tertiary/aromatic N) is 4. The fourth-order valence-electron chi connectivity index (χ4n) is 3.76. The van der Waals surface area contributed by atoms with E-state index in [1.807, 2.05) is 0 Å². The highest BCUT2D eigenvalue weighted by Crippen LogP contribution is 2.43. The van der Waals surface area contributed by atoms with E-state index in [2.05, 4.69) is 22.0 Å². The van der Waals surface area contributed by atoms with Gasteiger partial charge in [0.1, 0.15) is 28.9 Å². The summed E-state index contributed by atoms with van der Waals surface area (Å²) in [7, 11) is 0. The van der Waals surface area contributed by atoms with Crippen LogP contribution in [0.2, 0.25) is 5.15 Å². The summed E-state index contributed by atoms with van der Waals surface area (Å²) in [6.07, 6.45) is 5.00. The molecule has 0 spiro atoms. The largest absolute Gasteiger partial charge is 0.253 e. The van der Waals surface area contributed by atoms with Crippen molar-refractivity contribution in [3.8, 4) is 11.1 Å². The van der Waals surface area contributed by atoms with Crippen LogP contribution in [0.1, 0.15) is 44.2 Å². The van der Waals surface area contributed by atoms with E-state index >= 15 is 0 Å². The first-order valence-electron chi connectivity index (χ1n) is 8.49. The second-order valence-corrected chi connectivity index (χ2v) is 7.19. The molecule has 0 atom stereocenters. The van der Waals surface area contributed by atoms with Gasteiger partial charge in [0.15, 0.2) is 0 Å². The first kappa shape index (κ1) is 17.3. The van der Waals surface area contributed by atoms with Gasteiger partial charge in [-0.15, -0.1) is 0 Å². The summed E-state index contributed by atoms with van der Waals surface area (Å²) in [4.78, 5) is 8.17. The van der Waals surface area contributed by atoms with Gasteiger partial charge >= 0.3 is 0 Å². The fraction of sp³-hybridized carbons (Fsp3) is 0.389. The minimum Gasteiger partial charge on any atom is -0.207 e. The van der Waals surface area contributed by atoms with Crippen molar-refractivity contribution in [1.82, 2.24) is 19.6 Å². The lowest BCUT2D eigenvalue weighted by molar-refractivity contribution is 0.341. The highest BCUT2D eigenvalue weighted by atomic mass is 35.5. The molecule has 0 saturated heterocycles. The second kappa shape index (κ2) is 6.54. The van der Waals surface area contributed by atoms with E-state index in [1.54, 1.807) is 0 Å². The maximum absolute atomic E-state index is 14.5. The fourth-order valence-corrected chi connectivity index (χ4v) is 4.03. The maximum Gasteiger partial charge on any atom is 0.253 e. The topological polar surface area (TPSA) is 43.1 Å². The minimum absolute atomic E-state index is 0.00903. The van der Waals surface area contributed by atoms with Gasteiger partial charge in [-0.2, -0.15) is 15.1 Å². The summed E-state index contributed by atoms with van der Waals surface area (Å²) in [5.74, 6) is -2.14. The average Bonchev–Trinajstić information content (AvgIpc) is 3.03. The smallest absolute Gasteiger partial charge is 0.207 e. The van der Waals surface area contributed by atoms with E-state index in [-0.39, 0.29) is 28.0 Å². The number of rotatable bonds is 2. The van der Waals surface area contributed by atoms with Crippen LogP contribution < -0.4 is 0 Å². The van der Waals surface area contributed by atoms with Crippen LogP contribution >= 0.6 is 11.6 Å². The lowest BCUT2D eigenvalue weighted by Gasteiger charge is -2.28. The van der Waals surface area contributed by atoms with E-state index in [9.17, 15) is 13.2 Å². The molecule has 0 N–H and O–H groups in total. The third-order valence-corrected chi connectivity index (χ3v) is 5.35. The molecule has 0 amide bonds. The van der Waals surface area contributed by atoms with Gasteiger partial charge in [-0.25, -0.2) is 17.7 Å². The molecular weight excluding hydrogens is 365 g/mol. The van der Waals surface area contributed by atoms with Gasteiger partial charge in [0, 0.05) is 23.6 Å². The van der Waals surface area contributed by atoms with Crippen LogP contribution in [0.25, 0.3) is 16.9 Å². The lowest BCUT2D eigenvalue weighted by Crippen LogP contribution is -2.17. The normalized spacial score (nSPS) is 20.7. The molecule has 26 heavy (non-hydrogen) atoms. The Labute approximate surface area is 153 Å². The zero-order chi connectivity index (χ0) is 18.4. The zero-order valence-corrected chi connectivity index (χ0v) is 14.8. The van der Waals surface area contributed by atoms with Gasteiger partial charge in [-0.3, -0.25) is 0 Å². The molecule has 2 heterocycles. The van der Waals surface area contributed by atoms with Crippen LogP contribution in [-0.2, 0) is 0 Å².